The maximum atomic E-state index is 12.8. The number of halogens is 1. The van der Waals surface area contributed by atoms with E-state index in [2.05, 4.69) is 10.6 Å². The van der Waals surface area contributed by atoms with Crippen LogP contribution in [0.15, 0.2) is 47.4 Å². The largest absolute Gasteiger partial charge is 0.325 e. The maximum Gasteiger partial charge on any atom is 0.261 e. The van der Waals surface area contributed by atoms with Gasteiger partial charge in [-0.05, 0) is 48.6 Å². The lowest BCUT2D eigenvalue weighted by Crippen LogP contribution is -2.20. The molecular formula is C18H15FN2O3S. The van der Waals surface area contributed by atoms with Crippen LogP contribution in [-0.4, -0.2) is 23.5 Å². The number of rotatable bonds is 6. The first kappa shape index (κ1) is 17.2. The lowest BCUT2D eigenvalue weighted by molar-refractivity contribution is -0.116. The fourth-order valence-electron chi connectivity index (χ4n) is 2.49. The Hall–Kier alpha value is -2.67. The molecule has 0 aromatic heterocycles. The second kappa shape index (κ2) is 7.48. The third kappa shape index (κ3) is 4.06. The van der Waals surface area contributed by atoms with Crippen molar-refractivity contribution < 1.29 is 18.8 Å². The molecule has 3 rings (SSSR count). The molecule has 7 heteroatoms. The number of fused-ring (bicyclic) bond motifs is 1. The molecule has 1 heterocycles. The van der Waals surface area contributed by atoms with Gasteiger partial charge in [-0.3, -0.25) is 19.7 Å². The van der Waals surface area contributed by atoms with Crippen molar-refractivity contribution in [2.45, 2.75) is 17.7 Å². The fraction of sp³-hybridized carbons (Fsp3) is 0.167. The fourth-order valence-corrected chi connectivity index (χ4v) is 3.34. The average Bonchev–Trinajstić information content (AvgIpc) is 2.89. The Balaban J connectivity index is 1.51. The van der Waals surface area contributed by atoms with Crippen LogP contribution >= 0.6 is 11.8 Å². The van der Waals surface area contributed by atoms with E-state index >= 15 is 0 Å². The highest BCUT2D eigenvalue weighted by molar-refractivity contribution is 7.99. The van der Waals surface area contributed by atoms with Gasteiger partial charge in [0.1, 0.15) is 5.82 Å². The van der Waals surface area contributed by atoms with Gasteiger partial charge in [0.2, 0.25) is 5.91 Å². The van der Waals surface area contributed by atoms with Crippen LogP contribution in [0.3, 0.4) is 0 Å². The zero-order valence-electron chi connectivity index (χ0n) is 13.2. The van der Waals surface area contributed by atoms with E-state index in [1.54, 1.807) is 42.1 Å². The van der Waals surface area contributed by atoms with Crippen molar-refractivity contribution in [3.63, 3.8) is 0 Å². The van der Waals surface area contributed by atoms with E-state index in [1.807, 2.05) is 0 Å². The van der Waals surface area contributed by atoms with Crippen molar-refractivity contribution in [3.8, 4) is 0 Å². The van der Waals surface area contributed by atoms with E-state index in [0.29, 0.717) is 17.9 Å². The molecule has 0 aliphatic carbocycles. The maximum absolute atomic E-state index is 12.8. The molecule has 25 heavy (non-hydrogen) atoms. The summed E-state index contributed by atoms with van der Waals surface area (Å²) in [6, 6.07) is 11.0. The molecule has 3 amide bonds. The second-order valence-electron chi connectivity index (χ2n) is 5.47. The molecule has 1 aliphatic rings. The number of hydrogen-bond donors (Lipinski definition) is 2. The molecule has 0 spiro atoms. The van der Waals surface area contributed by atoms with Crippen molar-refractivity contribution in [2.24, 2.45) is 0 Å². The molecular weight excluding hydrogens is 343 g/mol. The van der Waals surface area contributed by atoms with E-state index in [1.165, 1.54) is 12.1 Å². The summed E-state index contributed by atoms with van der Waals surface area (Å²) in [6.45, 7) is 0. The predicted molar refractivity (Wildman–Crippen MR) is 93.2 cm³/mol. The molecule has 0 unspecified atom stereocenters. The van der Waals surface area contributed by atoms with E-state index in [9.17, 15) is 18.8 Å². The molecule has 5 nitrogen and oxygen atoms in total. The summed E-state index contributed by atoms with van der Waals surface area (Å²) in [5, 5.41) is 4.90. The number of hydrogen-bond acceptors (Lipinski definition) is 4. The number of imide groups is 1. The Morgan fingerprint density at radius 3 is 2.60 bits per heavy atom. The normalized spacial score (nSPS) is 12.7. The molecule has 0 fully saturated rings. The van der Waals surface area contributed by atoms with Crippen molar-refractivity contribution in [1.82, 2.24) is 5.32 Å². The second-order valence-corrected chi connectivity index (χ2v) is 6.63. The SMILES string of the molecule is O=C(CCCSc1ccc(F)cc1)Nc1cccc2c1C(=O)NC2=O. The third-order valence-corrected chi connectivity index (χ3v) is 4.77. The van der Waals surface area contributed by atoms with Gasteiger partial charge >= 0.3 is 0 Å². The lowest BCUT2D eigenvalue weighted by Gasteiger charge is -2.08. The summed E-state index contributed by atoms with van der Waals surface area (Å²) in [5.74, 6) is -0.735. The van der Waals surface area contributed by atoms with Gasteiger partial charge in [0.25, 0.3) is 11.8 Å². The van der Waals surface area contributed by atoms with Crippen LogP contribution in [0.4, 0.5) is 10.1 Å². The summed E-state index contributed by atoms with van der Waals surface area (Å²) < 4.78 is 12.8. The molecule has 1 aliphatic heterocycles. The van der Waals surface area contributed by atoms with E-state index in [4.69, 9.17) is 0 Å². The lowest BCUT2D eigenvalue weighted by atomic mass is 10.1. The predicted octanol–water partition coefficient (Wildman–Crippen LogP) is 3.22. The number of benzene rings is 2. The summed E-state index contributed by atoms with van der Waals surface area (Å²) in [4.78, 5) is 36.4. The van der Waals surface area contributed by atoms with Crippen molar-refractivity contribution in [2.75, 3.05) is 11.1 Å². The summed E-state index contributed by atoms with van der Waals surface area (Å²) in [6.07, 6.45) is 0.918. The van der Waals surface area contributed by atoms with Crippen molar-refractivity contribution in [3.05, 3.63) is 59.4 Å². The summed E-state index contributed by atoms with van der Waals surface area (Å²) in [5.41, 5.74) is 0.827. The first-order valence-electron chi connectivity index (χ1n) is 7.71. The van der Waals surface area contributed by atoms with Gasteiger partial charge in [-0.2, -0.15) is 0 Å². The molecule has 128 valence electrons. The van der Waals surface area contributed by atoms with Crippen LogP contribution in [-0.2, 0) is 4.79 Å². The Kier molecular flexibility index (Phi) is 5.14. The Morgan fingerprint density at radius 1 is 1.08 bits per heavy atom. The van der Waals surface area contributed by atoms with Gasteiger partial charge in [0.05, 0.1) is 16.8 Å². The van der Waals surface area contributed by atoms with Crippen LogP contribution in [0.5, 0.6) is 0 Å². The number of anilines is 1. The van der Waals surface area contributed by atoms with Crippen LogP contribution in [0.1, 0.15) is 33.6 Å². The Bertz CT molecular complexity index is 837. The quantitative estimate of drug-likeness (QED) is 0.472. The summed E-state index contributed by atoms with van der Waals surface area (Å²) in [7, 11) is 0. The van der Waals surface area contributed by atoms with Gasteiger partial charge in [0.15, 0.2) is 0 Å². The van der Waals surface area contributed by atoms with Gasteiger partial charge in [-0.25, -0.2) is 4.39 Å². The van der Waals surface area contributed by atoms with Gasteiger partial charge < -0.3 is 5.32 Å². The van der Waals surface area contributed by atoms with Gasteiger partial charge in [-0.15, -0.1) is 11.8 Å². The monoisotopic (exact) mass is 358 g/mol. The van der Waals surface area contributed by atoms with Crippen LogP contribution < -0.4 is 10.6 Å². The highest BCUT2D eigenvalue weighted by atomic mass is 32.2. The Labute approximate surface area is 148 Å². The molecule has 0 radical (unpaired) electrons. The third-order valence-electron chi connectivity index (χ3n) is 3.67. The molecule has 2 N–H and O–H groups in total. The number of thioether (sulfide) groups is 1. The van der Waals surface area contributed by atoms with Crippen LogP contribution in [0.25, 0.3) is 0 Å². The van der Waals surface area contributed by atoms with Gasteiger partial charge in [-0.1, -0.05) is 6.07 Å². The molecule has 2 aromatic carbocycles. The number of amides is 3. The first-order chi connectivity index (χ1) is 12.0. The minimum atomic E-state index is -0.497. The van der Waals surface area contributed by atoms with Crippen molar-refractivity contribution in [1.29, 1.82) is 0 Å². The minimum Gasteiger partial charge on any atom is -0.325 e. The zero-order valence-corrected chi connectivity index (χ0v) is 14.0. The number of nitrogens with one attached hydrogen (secondary N) is 2. The highest BCUT2D eigenvalue weighted by Gasteiger charge is 2.29. The molecule has 0 atom stereocenters. The zero-order chi connectivity index (χ0) is 17.8. The average molecular weight is 358 g/mol. The van der Waals surface area contributed by atoms with Gasteiger partial charge in [0, 0.05) is 11.3 Å². The standard InChI is InChI=1S/C18H15FN2O3S/c19-11-6-8-12(9-7-11)25-10-2-5-15(22)20-14-4-1-3-13-16(14)18(24)21-17(13)23/h1,3-4,6-9H,2,5,10H2,(H,20,22)(H,21,23,24). The van der Waals surface area contributed by atoms with E-state index in [-0.39, 0.29) is 29.3 Å². The topological polar surface area (TPSA) is 75.3 Å². The number of carbonyl (C=O) groups excluding carboxylic acids is 3. The molecule has 0 bridgehead atoms. The van der Waals surface area contributed by atoms with Crippen LogP contribution in [0, 0.1) is 5.82 Å². The number of carbonyl (C=O) groups is 3. The smallest absolute Gasteiger partial charge is 0.261 e. The van der Waals surface area contributed by atoms with Crippen molar-refractivity contribution >= 4 is 35.2 Å². The molecule has 0 saturated heterocycles. The summed E-state index contributed by atoms with van der Waals surface area (Å²) >= 11 is 1.54. The first-order valence-corrected chi connectivity index (χ1v) is 8.70. The Morgan fingerprint density at radius 2 is 1.84 bits per heavy atom. The van der Waals surface area contributed by atoms with E-state index < -0.39 is 11.8 Å². The van der Waals surface area contributed by atoms with E-state index in [0.717, 1.165) is 4.90 Å². The van der Waals surface area contributed by atoms with Crippen LogP contribution in [0.2, 0.25) is 0 Å². The highest BCUT2D eigenvalue weighted by Crippen LogP contribution is 2.25. The minimum absolute atomic E-state index is 0.210. The molecule has 0 saturated carbocycles. The molecule has 2 aromatic rings.